The van der Waals surface area contributed by atoms with Crippen LogP contribution in [0.1, 0.15) is 23.7 Å². The molecule has 0 unspecified atom stereocenters. The Hall–Kier alpha value is -3.35. The van der Waals surface area contributed by atoms with Gasteiger partial charge in [-0.3, -0.25) is 14.4 Å². The molecule has 2 aromatic rings. The summed E-state index contributed by atoms with van der Waals surface area (Å²) in [6.45, 7) is 1.77. The Morgan fingerprint density at radius 1 is 0.920 bits per heavy atom. The van der Waals surface area contributed by atoms with E-state index in [1.807, 2.05) is 0 Å². The summed E-state index contributed by atoms with van der Waals surface area (Å²) < 4.78 is 0. The maximum Gasteiger partial charge on any atom is 0.250 e. The Morgan fingerprint density at radius 2 is 1.64 bits per heavy atom. The van der Waals surface area contributed by atoms with Gasteiger partial charge in [-0.1, -0.05) is 25.1 Å². The van der Waals surface area contributed by atoms with Crippen LogP contribution in [-0.2, 0) is 9.59 Å². The summed E-state index contributed by atoms with van der Waals surface area (Å²) in [5.41, 5.74) is 7.24. The molecule has 25 heavy (non-hydrogen) atoms. The molecule has 0 fully saturated rings. The first-order valence-electron chi connectivity index (χ1n) is 7.82. The first kappa shape index (κ1) is 18.0. The van der Waals surface area contributed by atoms with E-state index in [1.54, 1.807) is 55.5 Å². The highest BCUT2D eigenvalue weighted by Crippen LogP contribution is 2.16. The summed E-state index contributed by atoms with van der Waals surface area (Å²) >= 11 is 0. The highest BCUT2D eigenvalue weighted by Gasteiger charge is 2.10. The molecule has 0 aromatic heterocycles. The van der Waals surface area contributed by atoms with Crippen LogP contribution in [0.4, 0.5) is 17.1 Å². The van der Waals surface area contributed by atoms with Gasteiger partial charge in [-0.15, -0.1) is 0 Å². The number of carbonyl (C=O) groups excluding carboxylic acids is 3. The number of hydrogen-bond donors (Lipinski definition) is 4. The molecule has 2 aromatic carbocycles. The summed E-state index contributed by atoms with van der Waals surface area (Å²) in [5, 5.41) is 8.36. The molecule has 5 N–H and O–H groups in total. The van der Waals surface area contributed by atoms with E-state index in [0.717, 1.165) is 0 Å². The SMILES string of the molecule is CCC(=O)Nc1cccc(NCC(=O)Nc2ccccc2C(N)=O)c1. The molecule has 0 bridgehead atoms. The van der Waals surface area contributed by atoms with E-state index in [4.69, 9.17) is 5.73 Å². The standard InChI is InChI=1S/C18H20N4O3/c1-2-16(23)21-13-7-5-6-12(10-13)20-11-17(24)22-15-9-4-3-8-14(15)18(19)25/h3-10,20H,2,11H2,1H3,(H2,19,25)(H,21,23)(H,22,24). The monoisotopic (exact) mass is 340 g/mol. The molecule has 130 valence electrons. The molecule has 0 saturated carbocycles. The van der Waals surface area contributed by atoms with Crippen molar-refractivity contribution in [1.82, 2.24) is 0 Å². The van der Waals surface area contributed by atoms with Crippen LogP contribution in [0.15, 0.2) is 48.5 Å². The van der Waals surface area contributed by atoms with Gasteiger partial charge < -0.3 is 21.7 Å². The molecular weight excluding hydrogens is 320 g/mol. The Bertz CT molecular complexity index is 789. The average molecular weight is 340 g/mol. The number of anilines is 3. The Kier molecular flexibility index (Phi) is 6.11. The summed E-state index contributed by atoms with van der Waals surface area (Å²) in [5.74, 6) is -1.02. The van der Waals surface area contributed by atoms with Crippen molar-refractivity contribution in [2.45, 2.75) is 13.3 Å². The van der Waals surface area contributed by atoms with Gasteiger partial charge in [0.15, 0.2) is 0 Å². The number of primary amides is 1. The fraction of sp³-hybridized carbons (Fsp3) is 0.167. The Balaban J connectivity index is 1.95. The zero-order valence-electron chi connectivity index (χ0n) is 13.8. The van der Waals surface area contributed by atoms with E-state index in [9.17, 15) is 14.4 Å². The van der Waals surface area contributed by atoms with Crippen molar-refractivity contribution < 1.29 is 14.4 Å². The average Bonchev–Trinajstić information content (AvgIpc) is 2.60. The van der Waals surface area contributed by atoms with Crippen molar-refractivity contribution in [2.24, 2.45) is 5.73 Å². The summed E-state index contributed by atoms with van der Waals surface area (Å²) in [4.78, 5) is 34.8. The number of rotatable bonds is 7. The van der Waals surface area contributed by atoms with Crippen LogP contribution in [0.25, 0.3) is 0 Å². The molecule has 0 atom stereocenters. The van der Waals surface area contributed by atoms with E-state index in [0.29, 0.717) is 23.5 Å². The Labute approximate surface area is 145 Å². The van der Waals surface area contributed by atoms with Gasteiger partial charge in [0.05, 0.1) is 17.8 Å². The third-order valence-electron chi connectivity index (χ3n) is 3.39. The van der Waals surface area contributed by atoms with Crippen molar-refractivity contribution in [3.8, 4) is 0 Å². The van der Waals surface area contributed by atoms with Gasteiger partial charge in [0.25, 0.3) is 5.91 Å². The smallest absolute Gasteiger partial charge is 0.250 e. The molecule has 0 aliphatic rings. The van der Waals surface area contributed by atoms with Gasteiger partial charge in [-0.2, -0.15) is 0 Å². The molecule has 7 heteroatoms. The van der Waals surface area contributed by atoms with Crippen molar-refractivity contribution in [1.29, 1.82) is 0 Å². The number of nitrogens with one attached hydrogen (secondary N) is 3. The minimum atomic E-state index is -0.608. The molecule has 0 saturated heterocycles. The van der Waals surface area contributed by atoms with Crippen LogP contribution in [0.3, 0.4) is 0 Å². The number of carbonyl (C=O) groups is 3. The van der Waals surface area contributed by atoms with Gasteiger partial charge in [-0.05, 0) is 30.3 Å². The Morgan fingerprint density at radius 3 is 2.36 bits per heavy atom. The van der Waals surface area contributed by atoms with Gasteiger partial charge in [-0.25, -0.2) is 0 Å². The molecule has 0 aliphatic carbocycles. The maximum absolute atomic E-state index is 12.1. The maximum atomic E-state index is 12.1. The molecular formula is C18H20N4O3. The quantitative estimate of drug-likeness (QED) is 0.618. The zero-order valence-corrected chi connectivity index (χ0v) is 13.8. The van der Waals surface area contributed by atoms with E-state index >= 15 is 0 Å². The van der Waals surface area contributed by atoms with Gasteiger partial charge in [0.2, 0.25) is 11.8 Å². The first-order chi connectivity index (χ1) is 12.0. The molecule has 3 amide bonds. The normalized spacial score (nSPS) is 9.96. The van der Waals surface area contributed by atoms with Crippen LogP contribution in [0.2, 0.25) is 0 Å². The molecule has 7 nitrogen and oxygen atoms in total. The van der Waals surface area contributed by atoms with Crippen molar-refractivity contribution in [2.75, 3.05) is 22.5 Å². The fourth-order valence-electron chi connectivity index (χ4n) is 2.14. The summed E-state index contributed by atoms with van der Waals surface area (Å²) in [7, 11) is 0. The van der Waals surface area contributed by atoms with E-state index in [2.05, 4.69) is 16.0 Å². The second-order valence-corrected chi connectivity index (χ2v) is 5.29. The third-order valence-corrected chi connectivity index (χ3v) is 3.39. The topological polar surface area (TPSA) is 113 Å². The van der Waals surface area contributed by atoms with Gasteiger partial charge in [0.1, 0.15) is 0 Å². The highest BCUT2D eigenvalue weighted by molar-refractivity contribution is 6.03. The first-order valence-corrected chi connectivity index (χ1v) is 7.82. The zero-order chi connectivity index (χ0) is 18.2. The molecule has 0 aliphatic heterocycles. The largest absolute Gasteiger partial charge is 0.376 e. The van der Waals surface area contributed by atoms with Crippen LogP contribution < -0.4 is 21.7 Å². The van der Waals surface area contributed by atoms with E-state index in [1.165, 1.54) is 0 Å². The van der Waals surface area contributed by atoms with Crippen molar-refractivity contribution >= 4 is 34.8 Å². The number of hydrogen-bond acceptors (Lipinski definition) is 4. The van der Waals surface area contributed by atoms with Crippen LogP contribution in [-0.4, -0.2) is 24.3 Å². The van der Waals surface area contributed by atoms with Gasteiger partial charge in [0, 0.05) is 17.8 Å². The minimum absolute atomic E-state index is 0.00171. The third kappa shape index (κ3) is 5.35. The number of benzene rings is 2. The van der Waals surface area contributed by atoms with Crippen LogP contribution in [0, 0.1) is 0 Å². The predicted octanol–water partition coefficient (Wildman–Crippen LogP) is 2.18. The lowest BCUT2D eigenvalue weighted by molar-refractivity contribution is -0.116. The predicted molar refractivity (Wildman–Crippen MR) is 97.4 cm³/mol. The van der Waals surface area contributed by atoms with E-state index < -0.39 is 5.91 Å². The van der Waals surface area contributed by atoms with Gasteiger partial charge >= 0.3 is 0 Å². The lowest BCUT2D eigenvalue weighted by Crippen LogP contribution is -2.24. The van der Waals surface area contributed by atoms with Crippen molar-refractivity contribution in [3.05, 3.63) is 54.1 Å². The van der Waals surface area contributed by atoms with Crippen molar-refractivity contribution in [3.63, 3.8) is 0 Å². The molecule has 0 heterocycles. The lowest BCUT2D eigenvalue weighted by atomic mass is 10.1. The molecule has 2 rings (SSSR count). The summed E-state index contributed by atoms with van der Waals surface area (Å²) in [6.07, 6.45) is 0.388. The number of para-hydroxylation sites is 1. The second-order valence-electron chi connectivity index (χ2n) is 5.29. The summed E-state index contributed by atoms with van der Waals surface area (Å²) in [6, 6.07) is 13.6. The number of amides is 3. The molecule has 0 spiro atoms. The second kappa shape index (κ2) is 8.49. The highest BCUT2D eigenvalue weighted by atomic mass is 16.2. The van der Waals surface area contributed by atoms with E-state index in [-0.39, 0.29) is 23.9 Å². The fourth-order valence-corrected chi connectivity index (χ4v) is 2.14. The number of nitrogens with two attached hydrogens (primary N) is 1. The lowest BCUT2D eigenvalue weighted by Gasteiger charge is -2.11. The van der Waals surface area contributed by atoms with Crippen LogP contribution in [0.5, 0.6) is 0 Å². The molecule has 0 radical (unpaired) electrons. The van der Waals surface area contributed by atoms with Crippen LogP contribution >= 0.6 is 0 Å². The minimum Gasteiger partial charge on any atom is -0.376 e.